The molecule has 1 N–H and O–H groups in total. The van der Waals surface area contributed by atoms with E-state index in [2.05, 4.69) is 5.32 Å². The Morgan fingerprint density at radius 2 is 1.72 bits per heavy atom. The molecule has 7 heteroatoms. The van der Waals surface area contributed by atoms with Gasteiger partial charge < -0.3 is 15.0 Å². The van der Waals surface area contributed by atoms with Crippen LogP contribution in [0.25, 0.3) is 0 Å². The molecule has 1 aliphatic carbocycles. The van der Waals surface area contributed by atoms with Gasteiger partial charge in [0.25, 0.3) is 0 Å². The minimum Gasteiger partial charge on any atom is -0.378 e. The maximum Gasteiger partial charge on any atom is 0.228 e. The van der Waals surface area contributed by atoms with Crippen LogP contribution in [-0.4, -0.2) is 43.0 Å². The molecule has 1 fully saturated rings. The number of carbonyl (C=O) groups excluding carboxylic acids is 2. The van der Waals surface area contributed by atoms with E-state index in [1.54, 1.807) is 23.1 Å². The number of anilines is 1. The number of ether oxygens (including phenoxy) is 1. The van der Waals surface area contributed by atoms with E-state index < -0.39 is 5.92 Å². The van der Waals surface area contributed by atoms with Gasteiger partial charge in [-0.2, -0.15) is 0 Å². The second-order valence-electron chi connectivity index (χ2n) is 6.21. The van der Waals surface area contributed by atoms with Crippen molar-refractivity contribution in [2.45, 2.75) is 12.8 Å². The molecule has 25 heavy (non-hydrogen) atoms. The van der Waals surface area contributed by atoms with Crippen molar-refractivity contribution < 1.29 is 14.3 Å². The summed E-state index contributed by atoms with van der Waals surface area (Å²) in [7, 11) is 0. The van der Waals surface area contributed by atoms with Crippen molar-refractivity contribution in [3.63, 3.8) is 0 Å². The summed E-state index contributed by atoms with van der Waals surface area (Å²) in [6.07, 6.45) is 5.07. The van der Waals surface area contributed by atoms with E-state index in [0.717, 1.165) is 0 Å². The molecule has 0 saturated carbocycles. The molecule has 2 atom stereocenters. The van der Waals surface area contributed by atoms with Gasteiger partial charge in [-0.25, -0.2) is 0 Å². The molecule has 0 aromatic heterocycles. The number of nitrogens with zero attached hydrogens (tertiary/aromatic N) is 1. The first-order chi connectivity index (χ1) is 12.1. The van der Waals surface area contributed by atoms with Crippen LogP contribution in [0.5, 0.6) is 0 Å². The monoisotopic (exact) mass is 382 g/mol. The molecule has 1 aliphatic heterocycles. The minimum absolute atomic E-state index is 0.0296. The van der Waals surface area contributed by atoms with Crippen LogP contribution in [0.3, 0.4) is 0 Å². The highest BCUT2D eigenvalue weighted by Gasteiger charge is 2.36. The second-order valence-corrected chi connectivity index (χ2v) is 7.03. The standard InChI is InChI=1S/C18H20Cl2N2O3/c19-15-6-5-12(11-16(15)20)21-17(23)13-3-1-2-4-14(13)18(24)22-7-9-25-10-8-22/h1-2,5-6,11,13-14H,3-4,7-10H2,(H,21,23)/t13-,14-/m0/s1. The third kappa shape index (κ3) is 4.35. The lowest BCUT2D eigenvalue weighted by Gasteiger charge is -2.34. The average Bonchev–Trinajstić information content (AvgIpc) is 2.65. The summed E-state index contributed by atoms with van der Waals surface area (Å²) in [5, 5.41) is 3.67. The van der Waals surface area contributed by atoms with Crippen LogP contribution in [0.2, 0.25) is 10.0 Å². The van der Waals surface area contributed by atoms with Gasteiger partial charge in [-0.3, -0.25) is 9.59 Å². The van der Waals surface area contributed by atoms with Crippen LogP contribution in [-0.2, 0) is 14.3 Å². The number of rotatable bonds is 3. The van der Waals surface area contributed by atoms with E-state index in [1.807, 2.05) is 12.2 Å². The topological polar surface area (TPSA) is 58.6 Å². The van der Waals surface area contributed by atoms with E-state index in [-0.39, 0.29) is 17.7 Å². The fraction of sp³-hybridized carbons (Fsp3) is 0.444. The highest BCUT2D eigenvalue weighted by atomic mass is 35.5. The van der Waals surface area contributed by atoms with E-state index in [1.165, 1.54) is 0 Å². The number of hydrogen-bond donors (Lipinski definition) is 1. The molecule has 5 nitrogen and oxygen atoms in total. The van der Waals surface area contributed by atoms with Crippen molar-refractivity contribution in [1.82, 2.24) is 4.90 Å². The summed E-state index contributed by atoms with van der Waals surface area (Å²) in [4.78, 5) is 27.4. The van der Waals surface area contributed by atoms with Crippen molar-refractivity contribution in [1.29, 1.82) is 0 Å². The molecular weight excluding hydrogens is 363 g/mol. The summed E-state index contributed by atoms with van der Waals surface area (Å²) in [6, 6.07) is 4.94. The van der Waals surface area contributed by atoms with E-state index in [0.29, 0.717) is 54.9 Å². The van der Waals surface area contributed by atoms with Gasteiger partial charge in [0.05, 0.1) is 35.1 Å². The Hall–Kier alpha value is -1.56. The van der Waals surface area contributed by atoms with Gasteiger partial charge >= 0.3 is 0 Å². The zero-order chi connectivity index (χ0) is 17.8. The quantitative estimate of drug-likeness (QED) is 0.815. The molecule has 1 heterocycles. The van der Waals surface area contributed by atoms with E-state index in [4.69, 9.17) is 27.9 Å². The molecule has 0 unspecified atom stereocenters. The predicted molar refractivity (Wildman–Crippen MR) is 97.8 cm³/mol. The Kier molecular flexibility index (Phi) is 5.99. The summed E-state index contributed by atoms with van der Waals surface area (Å²) in [5.41, 5.74) is 0.575. The van der Waals surface area contributed by atoms with Gasteiger partial charge in [0.15, 0.2) is 0 Å². The largest absolute Gasteiger partial charge is 0.378 e. The van der Waals surface area contributed by atoms with Gasteiger partial charge in [0, 0.05) is 18.8 Å². The maximum absolute atomic E-state index is 12.8. The smallest absolute Gasteiger partial charge is 0.228 e. The lowest BCUT2D eigenvalue weighted by Crippen LogP contribution is -2.47. The number of halogens is 2. The lowest BCUT2D eigenvalue weighted by atomic mass is 9.81. The second kappa shape index (κ2) is 8.21. The maximum atomic E-state index is 12.8. The molecule has 0 spiro atoms. The van der Waals surface area contributed by atoms with E-state index >= 15 is 0 Å². The average molecular weight is 383 g/mol. The first-order valence-corrected chi connectivity index (χ1v) is 9.09. The number of morpholine rings is 1. The summed E-state index contributed by atoms with van der Waals surface area (Å²) in [6.45, 7) is 2.27. The third-order valence-corrected chi connectivity index (χ3v) is 5.34. The van der Waals surface area contributed by atoms with Crippen LogP contribution < -0.4 is 5.32 Å². The molecule has 0 radical (unpaired) electrons. The van der Waals surface area contributed by atoms with Crippen molar-refractivity contribution in [2.75, 3.05) is 31.6 Å². The normalized spacial score (nSPS) is 23.4. The highest BCUT2D eigenvalue weighted by molar-refractivity contribution is 6.42. The predicted octanol–water partition coefficient (Wildman–Crippen LogP) is 3.37. The SMILES string of the molecule is O=C(Nc1ccc(Cl)c(Cl)c1)[C@H]1CC=CC[C@@H]1C(=O)N1CCOCC1. The zero-order valence-corrected chi connectivity index (χ0v) is 15.2. The van der Waals surface area contributed by atoms with Crippen molar-refractivity contribution in [2.24, 2.45) is 11.8 Å². The Bertz CT molecular complexity index is 687. The summed E-state index contributed by atoms with van der Waals surface area (Å²) >= 11 is 11.9. The lowest BCUT2D eigenvalue weighted by molar-refractivity contribution is -0.144. The zero-order valence-electron chi connectivity index (χ0n) is 13.7. The fourth-order valence-corrected chi connectivity index (χ4v) is 3.50. The number of benzene rings is 1. The van der Waals surface area contributed by atoms with Crippen LogP contribution in [0, 0.1) is 11.8 Å². The van der Waals surface area contributed by atoms with Crippen LogP contribution >= 0.6 is 23.2 Å². The third-order valence-electron chi connectivity index (χ3n) is 4.60. The van der Waals surface area contributed by atoms with E-state index in [9.17, 15) is 9.59 Å². The molecule has 1 saturated heterocycles. The Morgan fingerprint density at radius 3 is 2.40 bits per heavy atom. The molecule has 2 aliphatic rings. The van der Waals surface area contributed by atoms with Gasteiger partial charge in [0.1, 0.15) is 0 Å². The highest BCUT2D eigenvalue weighted by Crippen LogP contribution is 2.30. The van der Waals surface area contributed by atoms with Crippen LogP contribution in [0.4, 0.5) is 5.69 Å². The molecule has 2 amide bonds. The molecule has 1 aromatic rings. The van der Waals surface area contributed by atoms with Crippen molar-refractivity contribution in [3.8, 4) is 0 Å². The van der Waals surface area contributed by atoms with Crippen molar-refractivity contribution in [3.05, 3.63) is 40.4 Å². The van der Waals surface area contributed by atoms with Crippen LogP contribution in [0.1, 0.15) is 12.8 Å². The number of allylic oxidation sites excluding steroid dienone is 2. The summed E-state index contributed by atoms with van der Waals surface area (Å²) < 4.78 is 5.30. The Labute approximate surface area is 156 Å². The number of nitrogens with one attached hydrogen (secondary N) is 1. The number of carbonyl (C=O) groups is 2. The van der Waals surface area contributed by atoms with Gasteiger partial charge in [-0.1, -0.05) is 35.4 Å². The fourth-order valence-electron chi connectivity index (χ4n) is 3.20. The summed E-state index contributed by atoms with van der Waals surface area (Å²) in [5.74, 6) is -0.878. The Morgan fingerprint density at radius 1 is 1.04 bits per heavy atom. The van der Waals surface area contributed by atoms with Gasteiger partial charge in [-0.15, -0.1) is 0 Å². The first-order valence-electron chi connectivity index (χ1n) is 8.33. The molecule has 1 aromatic carbocycles. The molecule has 3 rings (SSSR count). The van der Waals surface area contributed by atoms with Gasteiger partial charge in [-0.05, 0) is 31.0 Å². The first kappa shape index (κ1) is 18.2. The van der Waals surface area contributed by atoms with Gasteiger partial charge in [0.2, 0.25) is 11.8 Å². The molecule has 0 bridgehead atoms. The van der Waals surface area contributed by atoms with Crippen LogP contribution in [0.15, 0.2) is 30.4 Å². The number of hydrogen-bond acceptors (Lipinski definition) is 3. The molecular formula is C18H20Cl2N2O3. The number of amides is 2. The Balaban J connectivity index is 1.71. The molecule has 134 valence electrons. The van der Waals surface area contributed by atoms with Crippen molar-refractivity contribution >= 4 is 40.7 Å². The minimum atomic E-state index is -0.394.